The smallest absolute Gasteiger partial charge is 0.264 e. The maximum atomic E-state index is 14.5. The van der Waals surface area contributed by atoms with E-state index in [0.29, 0.717) is 0 Å². The van der Waals surface area contributed by atoms with Gasteiger partial charge in [0.05, 0.1) is 15.6 Å². The third-order valence-corrected chi connectivity index (χ3v) is 9.35. The Morgan fingerprint density at radius 3 is 1.91 bits per heavy atom. The second-order valence-electron chi connectivity index (χ2n) is 12.2. The van der Waals surface area contributed by atoms with Crippen molar-refractivity contribution >= 4 is 39.1 Å². The number of carbonyl (C=O) groups excluding carboxylic acids is 2. The van der Waals surface area contributed by atoms with Gasteiger partial charge in [-0.1, -0.05) is 102 Å². The largest absolute Gasteiger partial charge is 0.350 e. The summed E-state index contributed by atoms with van der Waals surface area (Å²) in [6.07, 6.45) is 0.233. The van der Waals surface area contributed by atoms with Crippen molar-refractivity contribution in [1.82, 2.24) is 10.2 Å². The first-order chi connectivity index (χ1) is 21.2. The van der Waals surface area contributed by atoms with E-state index in [2.05, 4.69) is 5.32 Å². The van der Waals surface area contributed by atoms with Crippen molar-refractivity contribution < 1.29 is 18.0 Å². The van der Waals surface area contributed by atoms with Gasteiger partial charge in [-0.2, -0.15) is 0 Å². The molecule has 0 spiro atoms. The highest BCUT2D eigenvalue weighted by Crippen LogP contribution is 2.31. The molecule has 4 aromatic carbocycles. The second-order valence-corrected chi connectivity index (χ2v) is 14.5. The number of sulfonamides is 1. The van der Waals surface area contributed by atoms with Crippen LogP contribution < -0.4 is 9.62 Å². The topological polar surface area (TPSA) is 86.8 Å². The predicted octanol–water partition coefficient (Wildman–Crippen LogP) is 6.71. The zero-order valence-electron chi connectivity index (χ0n) is 26.3. The molecule has 0 aliphatic carbocycles. The third-order valence-electron chi connectivity index (χ3n) is 7.25. The van der Waals surface area contributed by atoms with Crippen molar-refractivity contribution in [1.29, 1.82) is 0 Å². The number of benzene rings is 4. The molecule has 0 radical (unpaired) electrons. The number of nitrogens with one attached hydrogen (secondary N) is 1. The highest BCUT2D eigenvalue weighted by molar-refractivity contribution is 7.92. The molecule has 9 heteroatoms. The number of hydrogen-bond donors (Lipinski definition) is 1. The van der Waals surface area contributed by atoms with Gasteiger partial charge in [0, 0.05) is 18.5 Å². The van der Waals surface area contributed by atoms with Crippen LogP contribution in [0.25, 0.3) is 0 Å². The highest BCUT2D eigenvalue weighted by atomic mass is 35.5. The Morgan fingerprint density at radius 2 is 1.33 bits per heavy atom. The number of halogens is 1. The lowest BCUT2D eigenvalue weighted by atomic mass is 10.0. The van der Waals surface area contributed by atoms with Crippen LogP contribution in [0.3, 0.4) is 0 Å². The van der Waals surface area contributed by atoms with Crippen molar-refractivity contribution in [2.45, 2.75) is 64.1 Å². The van der Waals surface area contributed by atoms with Crippen molar-refractivity contribution in [2.75, 3.05) is 10.8 Å². The monoisotopic (exact) mass is 645 g/mol. The van der Waals surface area contributed by atoms with Gasteiger partial charge in [0.25, 0.3) is 10.0 Å². The number of anilines is 1. The first kappa shape index (κ1) is 33.7. The predicted molar refractivity (Wildman–Crippen MR) is 181 cm³/mol. The van der Waals surface area contributed by atoms with Gasteiger partial charge in [0.1, 0.15) is 12.6 Å². The molecule has 1 N–H and O–H groups in total. The number of aryl methyl sites for hydroxylation is 2. The summed E-state index contributed by atoms with van der Waals surface area (Å²) in [5.74, 6) is -0.881. The van der Waals surface area contributed by atoms with Gasteiger partial charge >= 0.3 is 0 Å². The summed E-state index contributed by atoms with van der Waals surface area (Å²) in [6.45, 7) is 9.00. The van der Waals surface area contributed by atoms with E-state index in [1.807, 2.05) is 89.2 Å². The Labute approximate surface area is 271 Å². The molecule has 236 valence electrons. The van der Waals surface area contributed by atoms with Crippen LogP contribution in [0.2, 0.25) is 5.02 Å². The average Bonchev–Trinajstić information content (AvgIpc) is 2.99. The normalized spacial score (nSPS) is 12.3. The van der Waals surface area contributed by atoms with Crippen molar-refractivity contribution in [3.8, 4) is 0 Å². The van der Waals surface area contributed by atoms with E-state index in [4.69, 9.17) is 11.6 Å². The summed E-state index contributed by atoms with van der Waals surface area (Å²) in [5.41, 5.74) is 3.22. The highest BCUT2D eigenvalue weighted by Gasteiger charge is 2.36. The Morgan fingerprint density at radius 1 is 0.778 bits per heavy atom. The lowest BCUT2D eigenvalue weighted by Crippen LogP contribution is -2.56. The summed E-state index contributed by atoms with van der Waals surface area (Å²) >= 11 is 6.54. The SMILES string of the molecule is Cc1ccc(CN(C(=O)CN(c2ccccc2Cl)S(=O)(=O)c2ccc(C)cc2)[C@H](Cc2ccccc2)C(=O)NC(C)(C)C)cc1. The van der Waals surface area contributed by atoms with Crippen LogP contribution in [0.4, 0.5) is 5.69 Å². The Kier molecular flexibility index (Phi) is 10.7. The maximum Gasteiger partial charge on any atom is 0.264 e. The standard InChI is InChI=1S/C36H40ClN3O4S/c1-26-15-19-29(20-16-26)24-39(33(35(42)38-36(3,4)5)23-28-11-7-6-8-12-28)34(41)25-40(32-14-10-9-13-31(32)37)45(43,44)30-21-17-27(2)18-22-30/h6-22,33H,23-25H2,1-5H3,(H,38,42)/t33-/m1/s1. The molecular weight excluding hydrogens is 606 g/mol. The summed E-state index contributed by atoms with van der Waals surface area (Å²) in [4.78, 5) is 30.0. The van der Waals surface area contributed by atoms with E-state index in [0.717, 1.165) is 26.6 Å². The molecule has 0 aliphatic rings. The molecule has 1 atom stereocenters. The van der Waals surface area contributed by atoms with Crippen LogP contribution in [0.15, 0.2) is 108 Å². The van der Waals surface area contributed by atoms with Gasteiger partial charge in [0.2, 0.25) is 11.8 Å². The number of carbonyl (C=O) groups is 2. The molecule has 7 nitrogen and oxygen atoms in total. The molecule has 4 aromatic rings. The Hall–Kier alpha value is -4.14. The fourth-order valence-electron chi connectivity index (χ4n) is 4.90. The second kappa shape index (κ2) is 14.3. The molecule has 0 aliphatic heterocycles. The molecule has 0 aromatic heterocycles. The van der Waals surface area contributed by atoms with Crippen LogP contribution in [-0.4, -0.2) is 43.3 Å². The van der Waals surface area contributed by atoms with Crippen LogP contribution in [-0.2, 0) is 32.6 Å². The summed E-state index contributed by atoms with van der Waals surface area (Å²) in [6, 6.07) is 29.2. The van der Waals surface area contributed by atoms with E-state index in [1.165, 1.54) is 17.0 Å². The number of para-hydroxylation sites is 1. The summed E-state index contributed by atoms with van der Waals surface area (Å²) in [7, 11) is -4.23. The fraction of sp³-hybridized carbons (Fsp3) is 0.278. The quantitative estimate of drug-likeness (QED) is 0.197. The van der Waals surface area contributed by atoms with Gasteiger partial charge in [-0.15, -0.1) is 0 Å². The average molecular weight is 646 g/mol. The number of nitrogens with zero attached hydrogens (tertiary/aromatic N) is 2. The molecule has 0 bridgehead atoms. The minimum absolute atomic E-state index is 0.0252. The minimum Gasteiger partial charge on any atom is -0.350 e. The van der Waals surface area contributed by atoms with Crippen molar-refractivity contribution in [3.05, 3.63) is 130 Å². The van der Waals surface area contributed by atoms with E-state index in [1.54, 1.807) is 36.4 Å². The number of rotatable bonds is 11. The van der Waals surface area contributed by atoms with E-state index in [-0.39, 0.29) is 34.5 Å². The van der Waals surface area contributed by atoms with Gasteiger partial charge in [-0.3, -0.25) is 13.9 Å². The Balaban J connectivity index is 1.82. The van der Waals surface area contributed by atoms with Crippen molar-refractivity contribution in [3.63, 3.8) is 0 Å². The zero-order valence-corrected chi connectivity index (χ0v) is 27.9. The van der Waals surface area contributed by atoms with E-state index < -0.39 is 34.1 Å². The zero-order chi connectivity index (χ0) is 32.8. The molecule has 0 heterocycles. The molecular formula is C36H40ClN3O4S. The molecule has 2 amide bonds. The lowest BCUT2D eigenvalue weighted by Gasteiger charge is -2.35. The van der Waals surface area contributed by atoms with E-state index >= 15 is 0 Å². The summed E-state index contributed by atoms with van der Waals surface area (Å²) in [5, 5.41) is 3.22. The third kappa shape index (κ3) is 8.96. The number of amides is 2. The van der Waals surface area contributed by atoms with Gasteiger partial charge in [-0.25, -0.2) is 8.42 Å². The Bertz CT molecular complexity index is 1720. The number of hydrogen-bond acceptors (Lipinski definition) is 4. The van der Waals surface area contributed by atoms with Crippen LogP contribution >= 0.6 is 11.6 Å². The first-order valence-corrected chi connectivity index (χ1v) is 16.6. The summed E-state index contributed by atoms with van der Waals surface area (Å²) < 4.78 is 29.3. The molecule has 45 heavy (non-hydrogen) atoms. The minimum atomic E-state index is -4.23. The fourth-order valence-corrected chi connectivity index (χ4v) is 6.62. The molecule has 0 unspecified atom stereocenters. The molecule has 4 rings (SSSR count). The van der Waals surface area contributed by atoms with Crippen molar-refractivity contribution in [2.24, 2.45) is 0 Å². The van der Waals surface area contributed by atoms with E-state index in [9.17, 15) is 18.0 Å². The van der Waals surface area contributed by atoms with Crippen LogP contribution in [0.1, 0.15) is 43.0 Å². The maximum absolute atomic E-state index is 14.5. The van der Waals surface area contributed by atoms with Gasteiger partial charge < -0.3 is 10.2 Å². The van der Waals surface area contributed by atoms with Gasteiger partial charge in [0.15, 0.2) is 0 Å². The first-order valence-electron chi connectivity index (χ1n) is 14.8. The molecule has 0 saturated carbocycles. The lowest BCUT2D eigenvalue weighted by molar-refractivity contribution is -0.140. The van der Waals surface area contributed by atoms with Crippen LogP contribution in [0.5, 0.6) is 0 Å². The molecule has 0 fully saturated rings. The van der Waals surface area contributed by atoms with Crippen LogP contribution in [0, 0.1) is 13.8 Å². The van der Waals surface area contributed by atoms with Gasteiger partial charge in [-0.05, 0) is 70.0 Å². The molecule has 0 saturated heterocycles.